The summed E-state index contributed by atoms with van der Waals surface area (Å²) >= 11 is 0. The normalized spacial score (nSPS) is 17.5. The van der Waals surface area contributed by atoms with Crippen molar-refractivity contribution in [3.05, 3.63) is 89.6 Å². The average molecular weight is 548 g/mol. The number of aryl methyl sites for hydroxylation is 1. The molecule has 2 aromatic carbocycles. The third-order valence-corrected chi connectivity index (χ3v) is 7.72. The van der Waals surface area contributed by atoms with Gasteiger partial charge in [-0.2, -0.15) is 9.78 Å². The first kappa shape index (κ1) is 24.6. The van der Waals surface area contributed by atoms with Gasteiger partial charge in [0.25, 0.3) is 0 Å². The van der Waals surface area contributed by atoms with E-state index in [1.807, 2.05) is 54.6 Å². The minimum absolute atomic E-state index is 0.113. The molecule has 0 saturated heterocycles. The van der Waals surface area contributed by atoms with Gasteiger partial charge in [-0.05, 0) is 30.5 Å². The van der Waals surface area contributed by atoms with Crippen molar-refractivity contribution in [2.45, 2.75) is 25.2 Å². The number of anilines is 2. The first-order valence-electron chi connectivity index (χ1n) is 13.2. The predicted octanol–water partition coefficient (Wildman–Crippen LogP) is 2.18. The minimum atomic E-state index is -1.35. The van der Waals surface area contributed by atoms with Gasteiger partial charge in [0.1, 0.15) is 29.6 Å². The molecule has 0 radical (unpaired) electrons. The van der Waals surface area contributed by atoms with Gasteiger partial charge in [0.05, 0.1) is 12.0 Å². The van der Waals surface area contributed by atoms with Crippen LogP contribution in [0.25, 0.3) is 17.0 Å². The van der Waals surface area contributed by atoms with E-state index >= 15 is 0 Å². The van der Waals surface area contributed by atoms with Gasteiger partial charge in [0.2, 0.25) is 17.7 Å². The molecule has 5 aromatic rings. The smallest absolute Gasteiger partial charge is 0.243 e. The van der Waals surface area contributed by atoms with Crippen LogP contribution in [-0.4, -0.2) is 60.5 Å². The molecule has 0 unspecified atom stereocenters. The van der Waals surface area contributed by atoms with Crippen molar-refractivity contribution >= 4 is 40.4 Å². The number of amides is 3. The van der Waals surface area contributed by atoms with Crippen molar-refractivity contribution < 1.29 is 14.4 Å². The molecule has 3 aromatic heterocycles. The fourth-order valence-electron chi connectivity index (χ4n) is 6.01. The lowest BCUT2D eigenvalue weighted by Gasteiger charge is -2.33. The van der Waals surface area contributed by atoms with E-state index in [1.165, 1.54) is 22.2 Å². The van der Waals surface area contributed by atoms with E-state index in [4.69, 9.17) is 5.10 Å². The summed E-state index contributed by atoms with van der Waals surface area (Å²) in [6.07, 6.45) is 3.44. The second-order valence-corrected chi connectivity index (χ2v) is 10.1. The summed E-state index contributed by atoms with van der Waals surface area (Å²) in [6.45, 7) is 2.07. The molecule has 12 nitrogen and oxygen atoms in total. The lowest BCUT2D eigenvalue weighted by Crippen LogP contribution is -2.49. The number of carbonyl (C=O) groups excluding carboxylic acids is 3. The number of nitrogens with zero attached hydrogens (tertiary/aromatic N) is 6. The number of aromatic amines is 1. The molecule has 0 aliphatic carbocycles. The molecule has 2 aliphatic rings. The first-order valence-corrected chi connectivity index (χ1v) is 13.2. The number of carbonyl (C=O) groups is 3. The number of para-hydroxylation sites is 1. The maximum Gasteiger partial charge on any atom is 0.243 e. The summed E-state index contributed by atoms with van der Waals surface area (Å²) in [5, 5.41) is 10.6. The number of aromatic nitrogens is 6. The second kappa shape index (κ2) is 9.37. The fourth-order valence-corrected chi connectivity index (χ4v) is 6.01. The number of H-pyrrole nitrogens is 1. The topological polar surface area (TPSA) is 151 Å². The lowest BCUT2D eigenvalue weighted by molar-refractivity contribution is -0.128. The highest BCUT2D eigenvalue weighted by atomic mass is 16.2. The Hall–Kier alpha value is -5.39. The van der Waals surface area contributed by atoms with Crippen LogP contribution in [-0.2, 0) is 26.2 Å². The fraction of sp³-hybridized carbons (Fsp3) is 0.207. The monoisotopic (exact) mass is 547 g/mol. The van der Waals surface area contributed by atoms with Crippen LogP contribution in [0.3, 0.4) is 0 Å². The standard InChI is InChI=1S/C29H25N9O3/c1-17-23-26(38(36-17)27-24-25(32-15-31-24)33-16-34-27)35-21(39)13-29(23)19-9-5-6-10-20(19)37(28(29)41)14-22(40)30-12-11-18-7-3-2-4-8-18/h2-10,15-16H,11-14H2,1H3,(H,30,40)(H,35,39)(H,31,32,33,34)/t29-/m0/s1. The Kier molecular flexibility index (Phi) is 5.63. The van der Waals surface area contributed by atoms with E-state index in [9.17, 15) is 14.4 Å². The highest BCUT2D eigenvalue weighted by molar-refractivity contribution is 6.17. The van der Waals surface area contributed by atoms with Crippen LogP contribution in [0, 0.1) is 6.92 Å². The Morgan fingerprint density at radius 1 is 1.05 bits per heavy atom. The van der Waals surface area contributed by atoms with Crippen molar-refractivity contribution in [2.75, 3.05) is 23.3 Å². The molecular weight excluding hydrogens is 522 g/mol. The van der Waals surface area contributed by atoms with Crippen molar-refractivity contribution in [3.63, 3.8) is 0 Å². The molecule has 3 N–H and O–H groups in total. The molecule has 5 heterocycles. The highest BCUT2D eigenvalue weighted by Crippen LogP contribution is 2.53. The summed E-state index contributed by atoms with van der Waals surface area (Å²) < 4.78 is 1.51. The van der Waals surface area contributed by atoms with Crippen molar-refractivity contribution in [1.29, 1.82) is 0 Å². The molecule has 12 heteroatoms. The van der Waals surface area contributed by atoms with Gasteiger partial charge in [-0.15, -0.1) is 0 Å². The van der Waals surface area contributed by atoms with Crippen LogP contribution in [0.5, 0.6) is 0 Å². The molecule has 0 saturated carbocycles. The molecule has 3 amide bonds. The first-order chi connectivity index (χ1) is 20.0. The Morgan fingerprint density at radius 2 is 1.85 bits per heavy atom. The van der Waals surface area contributed by atoms with E-state index in [0.29, 0.717) is 58.3 Å². The molecule has 0 bridgehead atoms. The van der Waals surface area contributed by atoms with E-state index < -0.39 is 5.41 Å². The summed E-state index contributed by atoms with van der Waals surface area (Å²) in [6, 6.07) is 17.2. The van der Waals surface area contributed by atoms with E-state index in [1.54, 1.807) is 6.92 Å². The molecule has 0 fully saturated rings. The molecule has 7 rings (SSSR count). The van der Waals surface area contributed by atoms with Gasteiger partial charge >= 0.3 is 0 Å². The zero-order chi connectivity index (χ0) is 28.1. The van der Waals surface area contributed by atoms with Gasteiger partial charge < -0.3 is 20.5 Å². The Morgan fingerprint density at radius 3 is 2.71 bits per heavy atom. The number of hydrogen-bond donors (Lipinski definition) is 3. The van der Waals surface area contributed by atoms with Crippen LogP contribution in [0.15, 0.2) is 67.3 Å². The number of benzene rings is 2. The zero-order valence-corrected chi connectivity index (χ0v) is 22.1. The van der Waals surface area contributed by atoms with Crippen LogP contribution < -0.4 is 15.5 Å². The second-order valence-electron chi connectivity index (χ2n) is 10.1. The molecule has 1 atom stereocenters. The van der Waals surface area contributed by atoms with Crippen LogP contribution in [0.2, 0.25) is 0 Å². The third kappa shape index (κ3) is 3.78. The zero-order valence-electron chi connectivity index (χ0n) is 22.1. The average Bonchev–Trinajstić information content (AvgIpc) is 3.65. The largest absolute Gasteiger partial charge is 0.354 e. The number of nitrogens with one attached hydrogen (secondary N) is 3. The summed E-state index contributed by atoms with van der Waals surface area (Å²) in [4.78, 5) is 58.1. The maximum absolute atomic E-state index is 14.4. The number of fused-ring (bicyclic) bond motifs is 5. The number of imidazole rings is 1. The van der Waals surface area contributed by atoms with Crippen LogP contribution >= 0.6 is 0 Å². The van der Waals surface area contributed by atoms with Crippen LogP contribution in [0.4, 0.5) is 11.5 Å². The van der Waals surface area contributed by atoms with Crippen LogP contribution in [0.1, 0.15) is 28.8 Å². The number of rotatable bonds is 6. The van der Waals surface area contributed by atoms with Crippen molar-refractivity contribution in [1.82, 2.24) is 35.0 Å². The number of hydrogen-bond acceptors (Lipinski definition) is 7. The summed E-state index contributed by atoms with van der Waals surface area (Å²) in [7, 11) is 0. The Balaban J connectivity index is 1.27. The Bertz CT molecular complexity index is 1840. The molecule has 41 heavy (non-hydrogen) atoms. The SMILES string of the molecule is Cc1nn(-c2ncnc3nc[nH]c23)c2c1[C@@]1(CC(=O)N2)C(=O)N(CC(=O)NCCc2ccccc2)c2ccccc21. The lowest BCUT2D eigenvalue weighted by atomic mass is 9.70. The van der Waals surface area contributed by atoms with Gasteiger partial charge in [-0.3, -0.25) is 14.4 Å². The van der Waals surface area contributed by atoms with Crippen molar-refractivity contribution in [3.8, 4) is 5.82 Å². The van der Waals surface area contributed by atoms with E-state index in [-0.39, 0.29) is 30.7 Å². The molecule has 1 spiro atoms. The maximum atomic E-state index is 14.4. The van der Waals surface area contributed by atoms with E-state index in [0.717, 1.165) is 5.56 Å². The summed E-state index contributed by atoms with van der Waals surface area (Å²) in [5.74, 6) is -0.221. The highest BCUT2D eigenvalue weighted by Gasteiger charge is 2.58. The van der Waals surface area contributed by atoms with Gasteiger partial charge in [-0.1, -0.05) is 48.5 Å². The van der Waals surface area contributed by atoms with Crippen molar-refractivity contribution in [2.24, 2.45) is 0 Å². The van der Waals surface area contributed by atoms with Gasteiger partial charge in [-0.25, -0.2) is 15.0 Å². The molecular formula is C29H25N9O3. The minimum Gasteiger partial charge on any atom is -0.354 e. The molecule has 204 valence electrons. The Labute approximate surface area is 233 Å². The van der Waals surface area contributed by atoms with Gasteiger partial charge in [0, 0.05) is 24.2 Å². The summed E-state index contributed by atoms with van der Waals surface area (Å²) in [5.41, 5.74) is 3.15. The third-order valence-electron chi connectivity index (χ3n) is 7.72. The molecule has 2 aliphatic heterocycles. The van der Waals surface area contributed by atoms with Gasteiger partial charge in [0.15, 0.2) is 11.5 Å². The van der Waals surface area contributed by atoms with E-state index in [2.05, 4.69) is 30.6 Å². The quantitative estimate of drug-likeness (QED) is 0.295. The predicted molar refractivity (Wildman–Crippen MR) is 150 cm³/mol.